The Bertz CT molecular complexity index is 675. The number of hydrogen-bond acceptors (Lipinski definition) is 3. The maximum Gasteiger partial charge on any atom is 0.412 e. The zero-order chi connectivity index (χ0) is 17.7. The molecule has 2 aromatic rings. The Morgan fingerprint density at radius 3 is 2.17 bits per heavy atom. The van der Waals surface area contributed by atoms with Crippen LogP contribution in [0.15, 0.2) is 53.0 Å². The second-order valence-corrected chi connectivity index (χ2v) is 7.38. The average molecular weight is 392 g/mol. The third kappa shape index (κ3) is 5.89. The number of ether oxygens (including phenoxy) is 2. The second-order valence-electron chi connectivity index (χ2n) is 6.46. The highest BCUT2D eigenvalue weighted by Crippen LogP contribution is 2.24. The number of rotatable bonds is 4. The molecule has 0 unspecified atom stereocenters. The molecule has 0 heterocycles. The van der Waals surface area contributed by atoms with Gasteiger partial charge in [0.2, 0.25) is 0 Å². The van der Waals surface area contributed by atoms with E-state index < -0.39 is 11.7 Å². The molecule has 2 rings (SSSR count). The van der Waals surface area contributed by atoms with E-state index in [-0.39, 0.29) is 6.10 Å². The van der Waals surface area contributed by atoms with Gasteiger partial charge in [0, 0.05) is 10.2 Å². The van der Waals surface area contributed by atoms with Gasteiger partial charge in [-0.3, -0.25) is 5.32 Å². The molecule has 0 saturated carbocycles. The summed E-state index contributed by atoms with van der Waals surface area (Å²) in [6, 6.07) is 15.2. The van der Waals surface area contributed by atoms with Crippen molar-refractivity contribution in [2.24, 2.45) is 0 Å². The quantitative estimate of drug-likeness (QED) is 0.701. The molecule has 4 nitrogen and oxygen atoms in total. The minimum atomic E-state index is -0.517. The van der Waals surface area contributed by atoms with Gasteiger partial charge >= 0.3 is 6.09 Å². The van der Waals surface area contributed by atoms with Crippen molar-refractivity contribution >= 4 is 27.7 Å². The maximum absolute atomic E-state index is 11.8. The summed E-state index contributed by atoms with van der Waals surface area (Å²) in [5, 5.41) is 2.71. The summed E-state index contributed by atoms with van der Waals surface area (Å²) in [5.74, 6) is 0.807. The summed E-state index contributed by atoms with van der Waals surface area (Å²) < 4.78 is 12.2. The van der Waals surface area contributed by atoms with Gasteiger partial charge in [0.05, 0.1) is 0 Å². The molecule has 1 amide bonds. The molecular weight excluding hydrogens is 370 g/mol. The summed E-state index contributed by atoms with van der Waals surface area (Å²) in [7, 11) is 0. The third-order valence-corrected chi connectivity index (χ3v) is 3.68. The predicted octanol–water partition coefficient (Wildman–Crippen LogP) is 5.94. The molecule has 0 aliphatic carbocycles. The van der Waals surface area contributed by atoms with Crippen molar-refractivity contribution in [1.82, 2.24) is 0 Å². The zero-order valence-corrected chi connectivity index (χ0v) is 15.9. The van der Waals surface area contributed by atoms with Crippen LogP contribution in [0.25, 0.3) is 0 Å². The van der Waals surface area contributed by atoms with Crippen molar-refractivity contribution < 1.29 is 14.3 Å². The summed E-state index contributed by atoms with van der Waals surface area (Å²) in [6.07, 6.45) is -0.559. The zero-order valence-electron chi connectivity index (χ0n) is 14.3. The summed E-state index contributed by atoms with van der Waals surface area (Å²) in [6.45, 7) is 7.48. The smallest absolute Gasteiger partial charge is 0.412 e. The maximum atomic E-state index is 11.8. The Labute approximate surface area is 151 Å². The number of carbonyl (C=O) groups excluding carboxylic acids is 1. The number of carbonyl (C=O) groups is 1. The van der Waals surface area contributed by atoms with Crippen molar-refractivity contribution in [3.8, 4) is 5.75 Å². The largest absolute Gasteiger partial charge is 0.486 e. The van der Waals surface area contributed by atoms with E-state index in [1.165, 1.54) is 0 Å². The normalized spacial score (nSPS) is 12.4. The second kappa shape index (κ2) is 7.71. The minimum Gasteiger partial charge on any atom is -0.486 e. The van der Waals surface area contributed by atoms with Crippen LogP contribution in [0, 0.1) is 0 Å². The standard InChI is InChI=1S/C19H22BrNO3/c1-13(23-17-11-7-15(20)8-12-17)14-5-9-16(10-6-14)21-18(22)24-19(2,3)4/h5-13H,1-4H3,(H,21,22)/t13-/m0/s1. The molecule has 0 aliphatic heterocycles. The minimum absolute atomic E-state index is 0.0956. The van der Waals surface area contributed by atoms with Crippen LogP contribution >= 0.6 is 15.9 Å². The van der Waals surface area contributed by atoms with Crippen LogP contribution in [0.2, 0.25) is 0 Å². The molecule has 5 heteroatoms. The molecule has 0 aliphatic rings. The van der Waals surface area contributed by atoms with E-state index in [9.17, 15) is 4.79 Å². The van der Waals surface area contributed by atoms with Gasteiger partial charge in [0.15, 0.2) is 0 Å². The van der Waals surface area contributed by atoms with Crippen molar-refractivity contribution in [2.45, 2.75) is 39.4 Å². The van der Waals surface area contributed by atoms with Gasteiger partial charge in [-0.15, -0.1) is 0 Å². The van der Waals surface area contributed by atoms with Gasteiger partial charge in [0.1, 0.15) is 17.5 Å². The summed E-state index contributed by atoms with van der Waals surface area (Å²) in [4.78, 5) is 11.8. The number of halogens is 1. The van der Waals surface area contributed by atoms with Crippen molar-refractivity contribution in [1.29, 1.82) is 0 Å². The van der Waals surface area contributed by atoms with Crippen molar-refractivity contribution in [2.75, 3.05) is 5.32 Å². The molecule has 1 atom stereocenters. The van der Waals surface area contributed by atoms with E-state index in [2.05, 4.69) is 21.2 Å². The average Bonchev–Trinajstić information content (AvgIpc) is 2.48. The SMILES string of the molecule is C[C@H](Oc1ccc(Br)cc1)c1ccc(NC(=O)OC(C)(C)C)cc1. The molecule has 0 saturated heterocycles. The van der Waals surface area contributed by atoms with Crippen LogP contribution in [0.1, 0.15) is 39.4 Å². The Hall–Kier alpha value is -2.01. The summed E-state index contributed by atoms with van der Waals surface area (Å²) in [5.41, 5.74) is 1.19. The highest BCUT2D eigenvalue weighted by atomic mass is 79.9. The van der Waals surface area contributed by atoms with Gasteiger partial charge in [-0.05, 0) is 69.7 Å². The van der Waals surface area contributed by atoms with E-state index in [1.54, 1.807) is 0 Å². The lowest BCUT2D eigenvalue weighted by molar-refractivity contribution is 0.0636. The lowest BCUT2D eigenvalue weighted by atomic mass is 10.1. The first kappa shape index (κ1) is 18.3. The van der Waals surface area contributed by atoms with Crippen LogP contribution in [0.3, 0.4) is 0 Å². The molecule has 0 radical (unpaired) electrons. The van der Waals surface area contributed by atoms with Crippen LogP contribution in [0.5, 0.6) is 5.75 Å². The van der Waals surface area contributed by atoms with E-state index >= 15 is 0 Å². The third-order valence-electron chi connectivity index (χ3n) is 3.15. The number of nitrogens with one attached hydrogen (secondary N) is 1. The highest BCUT2D eigenvalue weighted by Gasteiger charge is 2.16. The molecule has 0 fully saturated rings. The monoisotopic (exact) mass is 391 g/mol. The Balaban J connectivity index is 1.95. The fraction of sp³-hybridized carbons (Fsp3) is 0.316. The van der Waals surface area contributed by atoms with Gasteiger partial charge in [0.25, 0.3) is 0 Å². The van der Waals surface area contributed by atoms with Crippen molar-refractivity contribution in [3.63, 3.8) is 0 Å². The first-order chi connectivity index (χ1) is 11.2. The van der Waals surface area contributed by atoms with Crippen LogP contribution in [-0.4, -0.2) is 11.7 Å². The van der Waals surface area contributed by atoms with E-state index in [0.717, 1.165) is 15.8 Å². The first-order valence-corrected chi connectivity index (χ1v) is 8.54. The lowest BCUT2D eigenvalue weighted by Crippen LogP contribution is -2.27. The molecule has 24 heavy (non-hydrogen) atoms. The van der Waals surface area contributed by atoms with E-state index in [4.69, 9.17) is 9.47 Å². The van der Waals surface area contributed by atoms with Gasteiger partial charge in [-0.25, -0.2) is 4.79 Å². The number of amides is 1. The van der Waals surface area contributed by atoms with Crippen LogP contribution in [0.4, 0.5) is 10.5 Å². The number of hydrogen-bond donors (Lipinski definition) is 1. The fourth-order valence-electron chi connectivity index (χ4n) is 2.04. The van der Waals surface area contributed by atoms with E-state index in [0.29, 0.717) is 5.69 Å². The predicted molar refractivity (Wildman–Crippen MR) is 99.5 cm³/mol. The topological polar surface area (TPSA) is 47.6 Å². The van der Waals surface area contributed by atoms with E-state index in [1.807, 2.05) is 76.2 Å². The molecule has 0 aromatic heterocycles. The van der Waals surface area contributed by atoms with Crippen LogP contribution < -0.4 is 10.1 Å². The Kier molecular flexibility index (Phi) is 5.89. The summed E-state index contributed by atoms with van der Waals surface area (Å²) >= 11 is 3.40. The Morgan fingerprint density at radius 2 is 1.62 bits per heavy atom. The fourth-order valence-corrected chi connectivity index (χ4v) is 2.31. The molecule has 1 N–H and O–H groups in total. The molecule has 128 valence electrons. The Morgan fingerprint density at radius 1 is 1.04 bits per heavy atom. The highest BCUT2D eigenvalue weighted by molar-refractivity contribution is 9.10. The molecular formula is C19H22BrNO3. The molecule has 0 spiro atoms. The van der Waals surface area contributed by atoms with Crippen molar-refractivity contribution in [3.05, 3.63) is 58.6 Å². The number of anilines is 1. The molecule has 2 aromatic carbocycles. The van der Waals surface area contributed by atoms with Gasteiger partial charge in [-0.2, -0.15) is 0 Å². The van der Waals surface area contributed by atoms with Gasteiger partial charge < -0.3 is 9.47 Å². The first-order valence-electron chi connectivity index (χ1n) is 7.75. The van der Waals surface area contributed by atoms with Crippen LogP contribution in [-0.2, 0) is 4.74 Å². The lowest BCUT2D eigenvalue weighted by Gasteiger charge is -2.20. The number of benzene rings is 2. The molecule has 0 bridgehead atoms. The van der Waals surface area contributed by atoms with Gasteiger partial charge in [-0.1, -0.05) is 28.1 Å².